The van der Waals surface area contributed by atoms with Crippen molar-refractivity contribution in [2.45, 2.75) is 10.1 Å². The van der Waals surface area contributed by atoms with E-state index < -0.39 is 15.1 Å². The Morgan fingerprint density at radius 3 is 2.35 bits per heavy atom. The normalized spacial score (nSPS) is 18.2. The highest BCUT2D eigenvalue weighted by atomic mass is 32.2. The predicted molar refractivity (Wildman–Crippen MR) is 76.7 cm³/mol. The molecule has 20 heavy (non-hydrogen) atoms. The van der Waals surface area contributed by atoms with Crippen molar-refractivity contribution in [1.82, 2.24) is 0 Å². The van der Waals surface area contributed by atoms with Gasteiger partial charge in [0.15, 0.2) is 15.6 Å². The molecule has 1 unspecified atom stereocenters. The molecule has 1 N–H and O–H groups in total. The lowest BCUT2D eigenvalue weighted by molar-refractivity contribution is 0.0987. The maximum Gasteiger partial charge on any atom is 0.190 e. The van der Waals surface area contributed by atoms with Gasteiger partial charge in [0.1, 0.15) is 5.25 Å². The van der Waals surface area contributed by atoms with Crippen LogP contribution in [0, 0.1) is 0 Å². The van der Waals surface area contributed by atoms with E-state index in [-0.39, 0.29) is 17.2 Å². The smallest absolute Gasteiger partial charge is 0.190 e. The van der Waals surface area contributed by atoms with Crippen LogP contribution in [0.1, 0.15) is 10.4 Å². The summed E-state index contributed by atoms with van der Waals surface area (Å²) in [6.07, 6.45) is 0. The van der Waals surface area contributed by atoms with Gasteiger partial charge < -0.3 is 5.32 Å². The van der Waals surface area contributed by atoms with Crippen LogP contribution in [-0.2, 0) is 9.84 Å². The highest BCUT2D eigenvalue weighted by molar-refractivity contribution is 7.93. The summed E-state index contributed by atoms with van der Waals surface area (Å²) < 4.78 is 25.1. The Labute approximate surface area is 117 Å². The number of benzene rings is 2. The average molecular weight is 287 g/mol. The number of hydrogen-bond acceptors (Lipinski definition) is 4. The Bertz CT molecular complexity index is 754. The van der Waals surface area contributed by atoms with Crippen molar-refractivity contribution in [3.63, 3.8) is 0 Å². The number of carbonyl (C=O) groups excluding carboxylic acids is 1. The molecule has 0 fully saturated rings. The lowest BCUT2D eigenvalue weighted by atomic mass is 10.0. The fourth-order valence-electron chi connectivity index (χ4n) is 2.35. The first-order valence-corrected chi connectivity index (χ1v) is 7.81. The maximum absolute atomic E-state index is 12.5. The Morgan fingerprint density at radius 2 is 1.60 bits per heavy atom. The minimum atomic E-state index is -3.67. The first-order valence-electron chi connectivity index (χ1n) is 6.27. The summed E-state index contributed by atoms with van der Waals surface area (Å²) in [6.45, 7) is 0.104. The molecule has 4 nitrogen and oxygen atoms in total. The fraction of sp³-hybridized carbons (Fsp3) is 0.133. The molecule has 0 spiro atoms. The van der Waals surface area contributed by atoms with E-state index in [1.54, 1.807) is 36.4 Å². The number of para-hydroxylation sites is 1. The fourth-order valence-corrected chi connectivity index (χ4v) is 3.92. The average Bonchev–Trinajstić information content (AvgIpc) is 2.48. The number of hydrogen-bond donors (Lipinski definition) is 1. The largest absolute Gasteiger partial charge is 0.383 e. The molecule has 0 saturated carbocycles. The zero-order chi connectivity index (χ0) is 14.2. The van der Waals surface area contributed by atoms with Gasteiger partial charge in [-0.15, -0.1) is 0 Å². The first-order chi connectivity index (χ1) is 9.60. The minimum absolute atomic E-state index is 0.104. The van der Waals surface area contributed by atoms with Gasteiger partial charge in [0, 0.05) is 17.8 Å². The van der Waals surface area contributed by atoms with Crippen molar-refractivity contribution in [3.8, 4) is 0 Å². The molecule has 1 heterocycles. The Morgan fingerprint density at radius 1 is 0.950 bits per heavy atom. The van der Waals surface area contributed by atoms with Crippen LogP contribution in [0.5, 0.6) is 0 Å². The van der Waals surface area contributed by atoms with E-state index in [0.717, 1.165) is 0 Å². The molecular formula is C15H13NO3S. The Hall–Kier alpha value is -2.14. The zero-order valence-corrected chi connectivity index (χ0v) is 11.4. The van der Waals surface area contributed by atoms with Gasteiger partial charge in [-0.3, -0.25) is 4.79 Å². The topological polar surface area (TPSA) is 63.2 Å². The van der Waals surface area contributed by atoms with Gasteiger partial charge in [0.25, 0.3) is 0 Å². The molecule has 3 rings (SSSR count). The van der Waals surface area contributed by atoms with Gasteiger partial charge >= 0.3 is 0 Å². The second-order valence-electron chi connectivity index (χ2n) is 4.64. The van der Waals surface area contributed by atoms with Crippen LogP contribution in [0.4, 0.5) is 5.69 Å². The first kappa shape index (κ1) is 12.9. The van der Waals surface area contributed by atoms with E-state index in [2.05, 4.69) is 5.32 Å². The summed E-state index contributed by atoms with van der Waals surface area (Å²) in [6, 6.07) is 15.1. The van der Waals surface area contributed by atoms with Crippen LogP contribution < -0.4 is 5.32 Å². The van der Waals surface area contributed by atoms with E-state index in [9.17, 15) is 13.2 Å². The zero-order valence-electron chi connectivity index (χ0n) is 10.6. The summed E-state index contributed by atoms with van der Waals surface area (Å²) in [7, 11) is -3.67. The van der Waals surface area contributed by atoms with Crippen molar-refractivity contribution >= 4 is 21.3 Å². The van der Waals surface area contributed by atoms with Crippen molar-refractivity contribution in [2.24, 2.45) is 0 Å². The second kappa shape index (κ2) is 4.76. The van der Waals surface area contributed by atoms with Crippen LogP contribution >= 0.6 is 0 Å². The van der Waals surface area contributed by atoms with E-state index in [0.29, 0.717) is 11.3 Å². The summed E-state index contributed by atoms with van der Waals surface area (Å²) >= 11 is 0. The molecule has 0 amide bonds. The highest BCUT2D eigenvalue weighted by Crippen LogP contribution is 2.27. The number of anilines is 1. The Kier molecular flexibility index (Phi) is 3.06. The molecule has 1 aliphatic heterocycles. The number of rotatable bonds is 2. The molecule has 0 saturated heterocycles. The van der Waals surface area contributed by atoms with E-state index in [1.807, 2.05) is 6.07 Å². The number of carbonyl (C=O) groups is 1. The third-order valence-electron chi connectivity index (χ3n) is 3.41. The number of fused-ring (bicyclic) bond motifs is 1. The summed E-state index contributed by atoms with van der Waals surface area (Å²) in [5.74, 6) is -0.344. The number of Topliss-reactive ketones (excluding diaryl/α,β-unsaturated/α-hetero) is 1. The standard InChI is InChI=1S/C15H13NO3S/c17-15-12-8-4-5-9-13(12)16-10-14(15)20(18,19)11-6-2-1-3-7-11/h1-9,14,16H,10H2. The quantitative estimate of drug-likeness (QED) is 0.919. The molecule has 2 aromatic carbocycles. The van der Waals surface area contributed by atoms with Gasteiger partial charge in [-0.25, -0.2) is 8.42 Å². The lowest BCUT2D eigenvalue weighted by Crippen LogP contribution is -2.40. The highest BCUT2D eigenvalue weighted by Gasteiger charge is 2.37. The van der Waals surface area contributed by atoms with Gasteiger partial charge in [0.05, 0.1) is 4.90 Å². The number of sulfone groups is 1. The molecule has 0 bridgehead atoms. The van der Waals surface area contributed by atoms with E-state index >= 15 is 0 Å². The van der Waals surface area contributed by atoms with Crippen LogP contribution in [0.25, 0.3) is 0 Å². The van der Waals surface area contributed by atoms with Gasteiger partial charge in [0.2, 0.25) is 0 Å². The van der Waals surface area contributed by atoms with Gasteiger partial charge in [-0.05, 0) is 24.3 Å². The van der Waals surface area contributed by atoms with E-state index in [4.69, 9.17) is 0 Å². The minimum Gasteiger partial charge on any atom is -0.383 e. The molecular weight excluding hydrogens is 274 g/mol. The number of ketones is 1. The van der Waals surface area contributed by atoms with Crippen LogP contribution in [0.3, 0.4) is 0 Å². The van der Waals surface area contributed by atoms with Gasteiger partial charge in [-0.2, -0.15) is 0 Å². The third kappa shape index (κ3) is 2.00. The monoisotopic (exact) mass is 287 g/mol. The SMILES string of the molecule is O=C1c2ccccc2NCC1S(=O)(=O)c1ccccc1. The van der Waals surface area contributed by atoms with Crippen LogP contribution in [-0.4, -0.2) is 26.0 Å². The molecule has 1 aliphatic rings. The third-order valence-corrected chi connectivity index (χ3v) is 5.47. The molecule has 2 aromatic rings. The van der Waals surface area contributed by atoms with Crippen molar-refractivity contribution in [3.05, 3.63) is 60.2 Å². The molecule has 5 heteroatoms. The lowest BCUT2D eigenvalue weighted by Gasteiger charge is -2.24. The van der Waals surface area contributed by atoms with Crippen molar-refractivity contribution < 1.29 is 13.2 Å². The molecule has 1 atom stereocenters. The van der Waals surface area contributed by atoms with Crippen molar-refractivity contribution in [1.29, 1.82) is 0 Å². The molecule has 102 valence electrons. The van der Waals surface area contributed by atoms with Crippen LogP contribution in [0.15, 0.2) is 59.5 Å². The molecule has 0 aliphatic carbocycles. The predicted octanol–water partition coefficient (Wildman–Crippen LogP) is 2.14. The summed E-state index contributed by atoms with van der Waals surface area (Å²) in [5, 5.41) is 1.95. The van der Waals surface area contributed by atoms with Crippen LogP contribution in [0.2, 0.25) is 0 Å². The summed E-state index contributed by atoms with van der Waals surface area (Å²) in [4.78, 5) is 12.6. The molecule has 0 radical (unpaired) electrons. The van der Waals surface area contributed by atoms with Crippen molar-refractivity contribution in [2.75, 3.05) is 11.9 Å². The Balaban J connectivity index is 2.03. The summed E-state index contributed by atoms with van der Waals surface area (Å²) in [5.41, 5.74) is 1.13. The maximum atomic E-state index is 12.5. The van der Waals surface area contributed by atoms with E-state index in [1.165, 1.54) is 12.1 Å². The number of nitrogens with one attached hydrogen (secondary N) is 1. The second-order valence-corrected chi connectivity index (χ2v) is 6.77. The van der Waals surface area contributed by atoms with Gasteiger partial charge in [-0.1, -0.05) is 30.3 Å². The molecule has 0 aromatic heterocycles.